The van der Waals surface area contributed by atoms with E-state index in [9.17, 15) is 9.13 Å². The molecule has 2 aromatic carbocycles. The van der Waals surface area contributed by atoms with Gasteiger partial charge in [-0.3, -0.25) is 4.57 Å². The number of aryl methyl sites for hydroxylation is 1. The van der Waals surface area contributed by atoms with Gasteiger partial charge in [0.2, 0.25) is 5.90 Å². The Kier molecular flexibility index (Phi) is 6.49. The van der Waals surface area contributed by atoms with E-state index in [1.165, 1.54) is 0 Å². The van der Waals surface area contributed by atoms with Crippen molar-refractivity contribution in [2.24, 2.45) is 0 Å². The number of para-hydroxylation sites is 1. The fourth-order valence-corrected chi connectivity index (χ4v) is 4.85. The molecule has 1 atom stereocenters. The van der Waals surface area contributed by atoms with Crippen molar-refractivity contribution in [1.29, 1.82) is 0 Å². The molecule has 2 aromatic rings. The van der Waals surface area contributed by atoms with Crippen LogP contribution in [0.15, 0.2) is 54.6 Å². The minimum absolute atomic E-state index is 0.310. The van der Waals surface area contributed by atoms with Crippen LogP contribution in [0.2, 0.25) is 0 Å². The fourth-order valence-electron chi connectivity index (χ4n) is 2.12. The lowest BCUT2D eigenvalue weighted by molar-refractivity contribution is 0.378. The van der Waals surface area contributed by atoms with Gasteiger partial charge in [0.1, 0.15) is 17.7 Å². The normalized spacial score (nSPS) is 12.0. The maximum absolute atomic E-state index is 11.6. The molecule has 122 valence electrons. The summed E-state index contributed by atoms with van der Waals surface area (Å²) in [5, 5.41) is 0. The van der Waals surface area contributed by atoms with Gasteiger partial charge >= 0.3 is 15.4 Å². The SMILES string of the molecule is O=[P+](CCCc1cccc(Oc2ccccc2)c1)CP(=O)(O)O. The summed E-state index contributed by atoms with van der Waals surface area (Å²) in [5.41, 5.74) is 1.04. The highest BCUT2D eigenvalue weighted by atomic mass is 31.2. The van der Waals surface area contributed by atoms with E-state index >= 15 is 0 Å². The number of benzene rings is 2. The van der Waals surface area contributed by atoms with Gasteiger partial charge in [-0.05, 0) is 42.7 Å². The zero-order chi connectivity index (χ0) is 16.7. The Hall–Kier alpha value is -1.51. The Bertz CT molecular complexity index is 697. The van der Waals surface area contributed by atoms with Crippen LogP contribution in [0.3, 0.4) is 0 Å². The Balaban J connectivity index is 1.86. The quantitative estimate of drug-likeness (QED) is 0.688. The van der Waals surface area contributed by atoms with Crippen molar-refractivity contribution >= 4 is 15.4 Å². The van der Waals surface area contributed by atoms with Crippen molar-refractivity contribution in [3.8, 4) is 11.5 Å². The molecule has 5 nitrogen and oxygen atoms in total. The summed E-state index contributed by atoms with van der Waals surface area (Å²) in [4.78, 5) is 17.6. The van der Waals surface area contributed by atoms with E-state index in [1.807, 2.05) is 54.6 Å². The van der Waals surface area contributed by atoms with Crippen molar-refractivity contribution in [2.45, 2.75) is 12.8 Å². The molecule has 0 bridgehead atoms. The van der Waals surface area contributed by atoms with Crippen LogP contribution in [-0.2, 0) is 15.6 Å². The first-order valence-corrected chi connectivity index (χ1v) is 10.6. The summed E-state index contributed by atoms with van der Waals surface area (Å²) in [6.45, 7) is 0. The minimum atomic E-state index is -4.18. The lowest BCUT2D eigenvalue weighted by atomic mass is 10.1. The fraction of sp³-hybridized carbons (Fsp3) is 0.250. The first kappa shape index (κ1) is 17.8. The lowest BCUT2D eigenvalue weighted by Gasteiger charge is -2.07. The van der Waals surface area contributed by atoms with Gasteiger partial charge in [0, 0.05) is 0 Å². The molecule has 0 aliphatic rings. The Morgan fingerprint density at radius 1 is 1.00 bits per heavy atom. The third kappa shape index (κ3) is 7.06. The highest BCUT2D eigenvalue weighted by Crippen LogP contribution is 2.45. The summed E-state index contributed by atoms with van der Waals surface area (Å²) in [6.07, 6.45) is 1.61. The maximum atomic E-state index is 11.6. The number of hydrogen-bond donors (Lipinski definition) is 2. The highest BCUT2D eigenvalue weighted by Gasteiger charge is 2.28. The van der Waals surface area contributed by atoms with Gasteiger partial charge in [-0.2, -0.15) is 0 Å². The summed E-state index contributed by atoms with van der Waals surface area (Å²) in [6, 6.07) is 17.1. The average Bonchev–Trinajstić information content (AvgIpc) is 2.47. The lowest BCUT2D eigenvalue weighted by Crippen LogP contribution is -1.91. The smallest absolute Gasteiger partial charge is 0.373 e. The average molecular weight is 353 g/mol. The molecular weight excluding hydrogens is 334 g/mol. The molecule has 1 unspecified atom stereocenters. The van der Waals surface area contributed by atoms with Gasteiger partial charge < -0.3 is 14.5 Å². The largest absolute Gasteiger partial charge is 0.457 e. The summed E-state index contributed by atoms with van der Waals surface area (Å²) in [5.74, 6) is 0.960. The predicted molar refractivity (Wildman–Crippen MR) is 90.7 cm³/mol. The van der Waals surface area contributed by atoms with Gasteiger partial charge in [-0.15, -0.1) is 0 Å². The number of ether oxygens (including phenoxy) is 1. The molecule has 7 heteroatoms. The monoisotopic (exact) mass is 353 g/mol. The summed E-state index contributed by atoms with van der Waals surface area (Å²) < 4.78 is 28.1. The van der Waals surface area contributed by atoms with E-state index in [-0.39, 0.29) is 0 Å². The first-order chi connectivity index (χ1) is 10.9. The second kappa shape index (κ2) is 8.37. The van der Waals surface area contributed by atoms with Gasteiger partial charge in [-0.25, -0.2) is 0 Å². The summed E-state index contributed by atoms with van der Waals surface area (Å²) >= 11 is 0. The van der Waals surface area contributed by atoms with E-state index in [1.54, 1.807) is 0 Å². The predicted octanol–water partition coefficient (Wildman–Crippen LogP) is 4.37. The molecule has 2 rings (SSSR count). The molecule has 0 heterocycles. The maximum Gasteiger partial charge on any atom is 0.373 e. The van der Waals surface area contributed by atoms with Crippen LogP contribution in [0, 0.1) is 0 Å². The molecule has 0 saturated heterocycles. The zero-order valence-corrected chi connectivity index (χ0v) is 14.3. The van der Waals surface area contributed by atoms with Gasteiger partial charge in [0.05, 0.1) is 0 Å². The van der Waals surface area contributed by atoms with Crippen molar-refractivity contribution in [3.05, 3.63) is 60.2 Å². The van der Waals surface area contributed by atoms with Gasteiger partial charge in [-0.1, -0.05) is 34.9 Å². The van der Waals surface area contributed by atoms with E-state index in [0.717, 1.165) is 17.1 Å². The third-order valence-corrected chi connectivity index (χ3v) is 6.64. The molecular formula is C16H19O5P2+. The van der Waals surface area contributed by atoms with Crippen LogP contribution < -0.4 is 4.74 Å². The second-order valence-electron chi connectivity index (χ2n) is 5.18. The molecule has 0 aliphatic carbocycles. The molecule has 2 N–H and O–H groups in total. The van der Waals surface area contributed by atoms with Crippen molar-refractivity contribution in [2.75, 3.05) is 12.1 Å². The van der Waals surface area contributed by atoms with E-state index in [2.05, 4.69) is 0 Å². The van der Waals surface area contributed by atoms with Gasteiger partial charge in [0.25, 0.3) is 0 Å². The van der Waals surface area contributed by atoms with Crippen molar-refractivity contribution in [3.63, 3.8) is 0 Å². The minimum Gasteiger partial charge on any atom is -0.457 e. The van der Waals surface area contributed by atoms with Crippen molar-refractivity contribution in [1.82, 2.24) is 0 Å². The standard InChI is InChI=1S/C16H18O5P2/c17-22(13-23(18,19)20)11-5-7-14-6-4-10-16(12-14)21-15-8-2-1-3-9-15/h1-4,6,8-10,12H,5,7,11,13H2,(H-,18,19,20)/p+1. The Labute approximate surface area is 136 Å². The first-order valence-electron chi connectivity index (χ1n) is 7.21. The van der Waals surface area contributed by atoms with Gasteiger partial charge in [0.15, 0.2) is 0 Å². The van der Waals surface area contributed by atoms with Crippen molar-refractivity contribution < 1.29 is 23.7 Å². The molecule has 23 heavy (non-hydrogen) atoms. The van der Waals surface area contributed by atoms with E-state index in [0.29, 0.717) is 19.0 Å². The Morgan fingerprint density at radius 2 is 1.70 bits per heavy atom. The molecule has 0 aliphatic heterocycles. The van der Waals surface area contributed by atoms with Crippen LogP contribution in [-0.4, -0.2) is 21.9 Å². The third-order valence-electron chi connectivity index (χ3n) is 3.09. The topological polar surface area (TPSA) is 83.8 Å². The molecule has 0 saturated carbocycles. The Morgan fingerprint density at radius 3 is 2.39 bits per heavy atom. The molecule has 0 fully saturated rings. The number of hydrogen-bond acceptors (Lipinski definition) is 3. The van der Waals surface area contributed by atoms with E-state index in [4.69, 9.17) is 14.5 Å². The van der Waals surface area contributed by atoms with Crippen LogP contribution in [0.1, 0.15) is 12.0 Å². The van der Waals surface area contributed by atoms with Crippen LogP contribution in [0.4, 0.5) is 0 Å². The molecule has 0 spiro atoms. The second-order valence-corrected chi connectivity index (χ2v) is 9.05. The molecule has 0 amide bonds. The summed E-state index contributed by atoms with van der Waals surface area (Å²) in [7, 11) is -6.04. The zero-order valence-electron chi connectivity index (χ0n) is 12.5. The molecule has 0 radical (unpaired) electrons. The van der Waals surface area contributed by atoms with Crippen LogP contribution in [0.5, 0.6) is 11.5 Å². The molecule has 0 aromatic heterocycles. The number of rotatable bonds is 8. The van der Waals surface area contributed by atoms with E-state index < -0.39 is 21.3 Å². The van der Waals surface area contributed by atoms with Crippen LogP contribution in [0.25, 0.3) is 0 Å². The van der Waals surface area contributed by atoms with Crippen LogP contribution >= 0.6 is 15.4 Å². The highest BCUT2D eigenvalue weighted by molar-refractivity contribution is 7.66.